The van der Waals surface area contributed by atoms with E-state index >= 15 is 4.39 Å². The molecule has 3 aromatic rings. The molecule has 0 aromatic heterocycles. The van der Waals surface area contributed by atoms with Crippen LogP contribution in [-0.4, -0.2) is 11.6 Å². The van der Waals surface area contributed by atoms with Crippen molar-refractivity contribution in [1.29, 1.82) is 0 Å². The van der Waals surface area contributed by atoms with Crippen LogP contribution in [-0.2, 0) is 11.2 Å². The van der Waals surface area contributed by atoms with Gasteiger partial charge in [0.1, 0.15) is 5.75 Å². The highest BCUT2D eigenvalue weighted by Gasteiger charge is 2.34. The minimum absolute atomic E-state index is 0.197. The number of rotatable bonds is 16. The number of ether oxygens (including phenoxy) is 1. The summed E-state index contributed by atoms with van der Waals surface area (Å²) in [5.74, 6) is -0.438. The first kappa shape index (κ1) is 29.6. The van der Waals surface area contributed by atoms with Crippen molar-refractivity contribution in [3.8, 4) is 28.0 Å². The van der Waals surface area contributed by atoms with E-state index in [4.69, 9.17) is 4.74 Å². The first-order valence-corrected chi connectivity index (χ1v) is 14.6. The summed E-state index contributed by atoms with van der Waals surface area (Å²) in [4.78, 5) is 12.5. The lowest BCUT2D eigenvalue weighted by Gasteiger charge is -2.18. The lowest BCUT2D eigenvalue weighted by atomic mass is 9.93. The average Bonchev–Trinajstić information content (AvgIpc) is 2.93. The first-order valence-electron chi connectivity index (χ1n) is 14.6. The molecule has 38 heavy (non-hydrogen) atoms. The van der Waals surface area contributed by atoms with E-state index in [-0.39, 0.29) is 6.42 Å². The minimum Gasteiger partial charge on any atom is -0.424 e. The third kappa shape index (κ3) is 9.11. The van der Waals surface area contributed by atoms with Crippen LogP contribution >= 0.6 is 0 Å². The number of carbonyl (C=O) groups excluding carboxylic acids is 1. The molecule has 2 nitrogen and oxygen atoms in total. The van der Waals surface area contributed by atoms with Gasteiger partial charge in [0, 0.05) is 0 Å². The third-order valence-electron chi connectivity index (χ3n) is 7.31. The van der Waals surface area contributed by atoms with Gasteiger partial charge in [-0.2, -0.15) is 0 Å². The predicted molar refractivity (Wildman–Crippen MR) is 158 cm³/mol. The Morgan fingerprint density at radius 2 is 1.18 bits per heavy atom. The van der Waals surface area contributed by atoms with Gasteiger partial charge in [0.05, 0.1) is 0 Å². The maximum Gasteiger partial charge on any atom is 0.348 e. The van der Waals surface area contributed by atoms with Crippen LogP contribution in [0.1, 0.15) is 97.0 Å². The molecule has 3 rings (SSSR count). The van der Waals surface area contributed by atoms with Gasteiger partial charge in [-0.3, -0.25) is 0 Å². The number of hydrogen-bond donors (Lipinski definition) is 0. The maximum absolute atomic E-state index is 15.0. The lowest BCUT2D eigenvalue weighted by molar-refractivity contribution is -0.147. The van der Waals surface area contributed by atoms with Gasteiger partial charge in [-0.25, -0.2) is 9.18 Å². The number of carbonyl (C=O) groups is 1. The Kier molecular flexibility index (Phi) is 12.1. The Labute approximate surface area is 229 Å². The Bertz CT molecular complexity index is 1100. The molecular formula is C35H45FO2. The van der Waals surface area contributed by atoms with Crippen LogP contribution in [0.5, 0.6) is 5.75 Å². The molecule has 0 fully saturated rings. The number of esters is 1. The standard InChI is InChI=1S/C35H45FO2/c1-4-6-8-9-10-11-15-27-35(3,36)34(37)38-31-25-23-30(24-26-31)33-18-14-13-17-32(33)29-21-19-28(20-22-29)16-12-7-5-2/h13-14,17-26H,4-12,15-16,27H2,1-3H3. The molecule has 0 aliphatic rings. The van der Waals surface area contributed by atoms with Gasteiger partial charge in [0.25, 0.3) is 0 Å². The van der Waals surface area contributed by atoms with Gasteiger partial charge in [-0.15, -0.1) is 0 Å². The van der Waals surface area contributed by atoms with Crippen molar-refractivity contribution in [3.05, 3.63) is 78.4 Å². The van der Waals surface area contributed by atoms with Crippen LogP contribution in [0.3, 0.4) is 0 Å². The SMILES string of the molecule is CCCCCCCCCC(C)(F)C(=O)Oc1ccc(-c2ccccc2-c2ccc(CCCCC)cc2)cc1. The molecule has 0 aliphatic heterocycles. The number of hydrogen-bond acceptors (Lipinski definition) is 2. The molecule has 0 bridgehead atoms. The number of alkyl halides is 1. The molecule has 1 unspecified atom stereocenters. The highest BCUT2D eigenvalue weighted by Crippen LogP contribution is 2.33. The monoisotopic (exact) mass is 516 g/mol. The Hall–Kier alpha value is -2.94. The second-order valence-electron chi connectivity index (χ2n) is 10.7. The molecule has 0 N–H and O–H groups in total. The summed E-state index contributed by atoms with van der Waals surface area (Å²) in [5, 5.41) is 0. The largest absolute Gasteiger partial charge is 0.424 e. The first-order chi connectivity index (χ1) is 18.4. The van der Waals surface area contributed by atoms with E-state index in [2.05, 4.69) is 56.3 Å². The maximum atomic E-state index is 15.0. The Morgan fingerprint density at radius 1 is 0.684 bits per heavy atom. The zero-order valence-corrected chi connectivity index (χ0v) is 23.6. The Balaban J connectivity index is 1.60. The van der Waals surface area contributed by atoms with E-state index in [1.807, 2.05) is 18.2 Å². The van der Waals surface area contributed by atoms with Crippen LogP contribution in [0.4, 0.5) is 4.39 Å². The minimum atomic E-state index is -1.97. The molecule has 3 heteroatoms. The molecule has 204 valence electrons. The van der Waals surface area contributed by atoms with Crippen molar-refractivity contribution < 1.29 is 13.9 Å². The zero-order chi connectivity index (χ0) is 27.2. The summed E-state index contributed by atoms with van der Waals surface area (Å²) in [7, 11) is 0. The molecular weight excluding hydrogens is 471 g/mol. The summed E-state index contributed by atoms with van der Waals surface area (Å²) >= 11 is 0. The van der Waals surface area contributed by atoms with Crippen molar-refractivity contribution >= 4 is 5.97 Å². The molecule has 0 aliphatic carbocycles. The molecule has 0 heterocycles. The highest BCUT2D eigenvalue weighted by molar-refractivity contribution is 5.84. The summed E-state index contributed by atoms with van der Waals surface area (Å²) in [6.07, 6.45) is 12.7. The average molecular weight is 517 g/mol. The molecule has 0 radical (unpaired) electrons. The van der Waals surface area contributed by atoms with Gasteiger partial charge in [-0.1, -0.05) is 126 Å². The number of halogens is 1. The second kappa shape index (κ2) is 15.5. The van der Waals surface area contributed by atoms with Crippen LogP contribution < -0.4 is 4.74 Å². The second-order valence-corrected chi connectivity index (χ2v) is 10.7. The van der Waals surface area contributed by atoms with Crippen LogP contribution in [0.15, 0.2) is 72.8 Å². The number of unbranched alkanes of at least 4 members (excludes halogenated alkanes) is 8. The Morgan fingerprint density at radius 3 is 1.76 bits per heavy atom. The molecule has 0 spiro atoms. The van der Waals surface area contributed by atoms with E-state index in [1.165, 1.54) is 63.0 Å². The summed E-state index contributed by atoms with van der Waals surface area (Å²) in [5.41, 5.74) is 3.86. The highest BCUT2D eigenvalue weighted by atomic mass is 19.1. The van der Waals surface area contributed by atoms with Crippen molar-refractivity contribution in [1.82, 2.24) is 0 Å². The van der Waals surface area contributed by atoms with Crippen molar-refractivity contribution in [2.75, 3.05) is 0 Å². The fraction of sp³-hybridized carbons (Fsp3) is 0.457. The molecule has 0 saturated carbocycles. The van der Waals surface area contributed by atoms with E-state index in [9.17, 15) is 4.79 Å². The van der Waals surface area contributed by atoms with Crippen LogP contribution in [0, 0.1) is 0 Å². The zero-order valence-electron chi connectivity index (χ0n) is 23.6. The van der Waals surface area contributed by atoms with E-state index < -0.39 is 11.6 Å². The van der Waals surface area contributed by atoms with E-state index in [0.717, 1.165) is 36.0 Å². The summed E-state index contributed by atoms with van der Waals surface area (Å²) < 4.78 is 20.5. The molecule has 3 aromatic carbocycles. The smallest absolute Gasteiger partial charge is 0.348 e. The quantitative estimate of drug-likeness (QED) is 0.107. The van der Waals surface area contributed by atoms with Crippen molar-refractivity contribution in [3.63, 3.8) is 0 Å². The van der Waals surface area contributed by atoms with Gasteiger partial charge >= 0.3 is 5.97 Å². The fourth-order valence-electron chi connectivity index (χ4n) is 4.85. The number of aryl methyl sites for hydroxylation is 1. The van der Waals surface area contributed by atoms with Gasteiger partial charge < -0.3 is 4.74 Å². The molecule has 0 amide bonds. The molecule has 1 atom stereocenters. The lowest BCUT2D eigenvalue weighted by Crippen LogP contribution is -2.34. The van der Waals surface area contributed by atoms with Gasteiger partial charge in [0.2, 0.25) is 5.67 Å². The normalized spacial score (nSPS) is 12.7. The van der Waals surface area contributed by atoms with E-state index in [1.54, 1.807) is 12.1 Å². The van der Waals surface area contributed by atoms with Crippen molar-refractivity contribution in [2.45, 2.75) is 103 Å². The summed E-state index contributed by atoms with van der Waals surface area (Å²) in [6.45, 7) is 5.76. The van der Waals surface area contributed by atoms with Gasteiger partial charge in [0.15, 0.2) is 0 Å². The predicted octanol–water partition coefficient (Wildman–Crippen LogP) is 10.5. The van der Waals surface area contributed by atoms with Crippen LogP contribution in [0.2, 0.25) is 0 Å². The van der Waals surface area contributed by atoms with E-state index in [0.29, 0.717) is 12.2 Å². The number of benzene rings is 3. The summed E-state index contributed by atoms with van der Waals surface area (Å²) in [6, 6.07) is 24.6. The van der Waals surface area contributed by atoms with Gasteiger partial charge in [-0.05, 0) is 72.6 Å². The van der Waals surface area contributed by atoms with Crippen molar-refractivity contribution in [2.24, 2.45) is 0 Å². The third-order valence-corrected chi connectivity index (χ3v) is 7.31. The van der Waals surface area contributed by atoms with Crippen LogP contribution in [0.25, 0.3) is 22.3 Å². The topological polar surface area (TPSA) is 26.3 Å². The molecule has 0 saturated heterocycles. The fourth-order valence-corrected chi connectivity index (χ4v) is 4.85.